The summed E-state index contributed by atoms with van der Waals surface area (Å²) < 4.78 is 27.7. The molecule has 0 spiro atoms. The van der Waals surface area contributed by atoms with Crippen LogP contribution < -0.4 is 10.2 Å². The van der Waals surface area contributed by atoms with Gasteiger partial charge in [-0.15, -0.1) is 0 Å². The van der Waals surface area contributed by atoms with E-state index in [9.17, 15) is 13.2 Å². The van der Waals surface area contributed by atoms with E-state index in [2.05, 4.69) is 30.1 Å². The van der Waals surface area contributed by atoms with Crippen LogP contribution in [0.25, 0.3) is 0 Å². The number of sulfonamides is 1. The van der Waals surface area contributed by atoms with Gasteiger partial charge in [0.2, 0.25) is 15.9 Å². The molecule has 0 bridgehead atoms. The molecule has 2 aliphatic heterocycles. The fourth-order valence-electron chi connectivity index (χ4n) is 5.02. The number of carbonyl (C=O) groups excluding carboxylic acids is 1. The molecule has 2 aromatic carbocycles. The highest BCUT2D eigenvalue weighted by atomic mass is 32.2. The van der Waals surface area contributed by atoms with Crippen LogP contribution in [0.3, 0.4) is 0 Å². The molecule has 0 unspecified atom stereocenters. The summed E-state index contributed by atoms with van der Waals surface area (Å²) in [4.78, 5) is 15.9. The third kappa shape index (κ3) is 4.08. The minimum absolute atomic E-state index is 0.230. The number of hydrogen-bond donors (Lipinski definition) is 1. The molecular weight excluding hydrogens is 410 g/mol. The molecule has 2 heterocycles. The molecule has 2 fully saturated rings. The van der Waals surface area contributed by atoms with Crippen molar-refractivity contribution in [3.63, 3.8) is 0 Å². The maximum absolute atomic E-state index is 13.3. The third-order valence-electron chi connectivity index (χ3n) is 6.46. The van der Waals surface area contributed by atoms with Crippen LogP contribution in [-0.4, -0.2) is 44.3 Å². The molecule has 1 amide bonds. The Kier molecular flexibility index (Phi) is 6.08. The second kappa shape index (κ2) is 8.63. The van der Waals surface area contributed by atoms with E-state index in [1.807, 2.05) is 6.92 Å². The molecule has 2 aliphatic rings. The molecule has 0 aliphatic carbocycles. The highest BCUT2D eigenvalue weighted by Crippen LogP contribution is 2.36. The zero-order valence-corrected chi connectivity index (χ0v) is 19.3. The molecule has 2 saturated heterocycles. The summed E-state index contributed by atoms with van der Waals surface area (Å²) in [6.07, 6.45) is 3.57. The Labute approximate surface area is 185 Å². The maximum atomic E-state index is 13.3. The first-order valence-corrected chi connectivity index (χ1v) is 12.5. The lowest BCUT2D eigenvalue weighted by atomic mass is 10.0. The van der Waals surface area contributed by atoms with Crippen LogP contribution in [0, 0.1) is 20.8 Å². The largest absolute Gasteiger partial charge is 0.371 e. The van der Waals surface area contributed by atoms with Gasteiger partial charge in [-0.2, -0.15) is 4.31 Å². The average Bonchev–Trinajstić information content (AvgIpc) is 3.44. The minimum Gasteiger partial charge on any atom is -0.371 e. The van der Waals surface area contributed by atoms with Gasteiger partial charge in [0.25, 0.3) is 0 Å². The van der Waals surface area contributed by atoms with Crippen LogP contribution in [0.5, 0.6) is 0 Å². The molecule has 166 valence electrons. The van der Waals surface area contributed by atoms with E-state index in [4.69, 9.17) is 0 Å². The van der Waals surface area contributed by atoms with Crippen molar-refractivity contribution in [1.29, 1.82) is 0 Å². The quantitative estimate of drug-likeness (QED) is 0.761. The number of hydrogen-bond acceptors (Lipinski definition) is 4. The van der Waals surface area contributed by atoms with E-state index >= 15 is 0 Å². The summed E-state index contributed by atoms with van der Waals surface area (Å²) in [5.74, 6) is -0.251. The van der Waals surface area contributed by atoms with Crippen LogP contribution in [0.4, 0.5) is 11.4 Å². The van der Waals surface area contributed by atoms with E-state index in [1.165, 1.54) is 28.4 Å². The second-order valence-corrected chi connectivity index (χ2v) is 10.5. The smallest absolute Gasteiger partial charge is 0.243 e. The molecule has 0 saturated carbocycles. The number of benzene rings is 2. The lowest BCUT2D eigenvalue weighted by Gasteiger charge is -2.27. The summed E-state index contributed by atoms with van der Waals surface area (Å²) in [5.41, 5.74) is 5.27. The van der Waals surface area contributed by atoms with E-state index in [1.54, 1.807) is 30.3 Å². The van der Waals surface area contributed by atoms with E-state index in [0.29, 0.717) is 19.4 Å². The zero-order chi connectivity index (χ0) is 22.2. The first kappa shape index (κ1) is 21.8. The molecular formula is C24H31N3O3S. The van der Waals surface area contributed by atoms with Crippen molar-refractivity contribution in [2.24, 2.45) is 0 Å². The average molecular weight is 442 g/mol. The molecule has 1 N–H and O–H groups in total. The number of carbonyl (C=O) groups is 1. The van der Waals surface area contributed by atoms with Crippen LogP contribution in [0.2, 0.25) is 0 Å². The fraction of sp³-hybridized carbons (Fsp3) is 0.458. The number of aryl methyl sites for hydroxylation is 2. The van der Waals surface area contributed by atoms with Crippen molar-refractivity contribution in [2.75, 3.05) is 29.9 Å². The van der Waals surface area contributed by atoms with Gasteiger partial charge in [-0.1, -0.05) is 24.3 Å². The summed E-state index contributed by atoms with van der Waals surface area (Å²) in [5, 5.41) is 3.09. The summed E-state index contributed by atoms with van der Waals surface area (Å²) >= 11 is 0. The molecule has 0 radical (unpaired) electrons. The molecule has 31 heavy (non-hydrogen) atoms. The molecule has 6 nitrogen and oxygen atoms in total. The van der Waals surface area contributed by atoms with Gasteiger partial charge in [0, 0.05) is 31.0 Å². The predicted octanol–water partition coefficient (Wildman–Crippen LogP) is 4.00. The monoisotopic (exact) mass is 441 g/mol. The Hall–Kier alpha value is -2.38. The van der Waals surface area contributed by atoms with Crippen molar-refractivity contribution in [3.05, 3.63) is 53.1 Å². The Balaban J connectivity index is 1.61. The van der Waals surface area contributed by atoms with Gasteiger partial charge in [0.15, 0.2) is 0 Å². The van der Waals surface area contributed by atoms with E-state index in [-0.39, 0.29) is 10.8 Å². The summed E-state index contributed by atoms with van der Waals surface area (Å²) in [7, 11) is -3.71. The Morgan fingerprint density at radius 1 is 0.968 bits per heavy atom. The topological polar surface area (TPSA) is 69.7 Å². The van der Waals surface area contributed by atoms with Gasteiger partial charge in [-0.05, 0) is 75.3 Å². The summed E-state index contributed by atoms with van der Waals surface area (Å²) in [6, 6.07) is 9.78. The maximum Gasteiger partial charge on any atom is 0.243 e. The number of nitrogens with zero attached hydrogens (tertiary/aromatic N) is 2. The zero-order valence-electron chi connectivity index (χ0n) is 18.5. The van der Waals surface area contributed by atoms with Crippen molar-refractivity contribution >= 4 is 27.3 Å². The van der Waals surface area contributed by atoms with Gasteiger partial charge in [0.1, 0.15) is 6.04 Å². The fourth-order valence-corrected chi connectivity index (χ4v) is 6.70. The standard InChI is InChI=1S/C24H31N3O3S/c1-17-16-18(2)23(26-13-7-8-14-26)19(3)22(17)25-24(28)21-12-9-15-27(21)31(29,30)20-10-5-4-6-11-20/h4-6,10-11,16,21H,7-9,12-15H2,1-3H3,(H,25,28)/t21-/m0/s1. The molecule has 1 atom stereocenters. The summed E-state index contributed by atoms with van der Waals surface area (Å²) in [6.45, 7) is 8.59. The highest BCUT2D eigenvalue weighted by molar-refractivity contribution is 7.89. The third-order valence-corrected chi connectivity index (χ3v) is 8.38. The van der Waals surface area contributed by atoms with Gasteiger partial charge in [-0.3, -0.25) is 4.79 Å². The lowest BCUT2D eigenvalue weighted by molar-refractivity contribution is -0.119. The Morgan fingerprint density at radius 2 is 1.65 bits per heavy atom. The molecule has 2 aromatic rings. The number of rotatable bonds is 5. The first-order chi connectivity index (χ1) is 14.8. The Bertz CT molecular complexity index is 1080. The lowest BCUT2D eigenvalue weighted by Crippen LogP contribution is -2.43. The van der Waals surface area contributed by atoms with Gasteiger partial charge >= 0.3 is 0 Å². The van der Waals surface area contributed by atoms with Crippen molar-refractivity contribution in [2.45, 2.75) is 57.4 Å². The van der Waals surface area contributed by atoms with Crippen LogP contribution >= 0.6 is 0 Å². The molecule has 4 rings (SSSR count). The van der Waals surface area contributed by atoms with Gasteiger partial charge in [-0.25, -0.2) is 8.42 Å². The van der Waals surface area contributed by atoms with E-state index < -0.39 is 16.1 Å². The van der Waals surface area contributed by atoms with Crippen molar-refractivity contribution in [3.8, 4) is 0 Å². The number of nitrogens with one attached hydrogen (secondary N) is 1. The number of amides is 1. The van der Waals surface area contributed by atoms with Crippen molar-refractivity contribution < 1.29 is 13.2 Å². The SMILES string of the molecule is Cc1cc(C)c(N2CCCC2)c(C)c1NC(=O)[C@@H]1CCCN1S(=O)(=O)c1ccccc1. The Morgan fingerprint density at radius 3 is 2.32 bits per heavy atom. The van der Waals surface area contributed by atoms with Crippen molar-refractivity contribution in [1.82, 2.24) is 4.31 Å². The van der Waals surface area contributed by atoms with Gasteiger partial charge < -0.3 is 10.2 Å². The first-order valence-electron chi connectivity index (χ1n) is 11.0. The van der Waals surface area contributed by atoms with Crippen LogP contribution in [-0.2, 0) is 14.8 Å². The van der Waals surface area contributed by atoms with Crippen LogP contribution in [0.15, 0.2) is 41.3 Å². The predicted molar refractivity (Wildman–Crippen MR) is 124 cm³/mol. The van der Waals surface area contributed by atoms with Crippen LogP contribution in [0.1, 0.15) is 42.4 Å². The normalized spacial score (nSPS) is 19.7. The highest BCUT2D eigenvalue weighted by Gasteiger charge is 2.39. The molecule has 7 heteroatoms. The second-order valence-electron chi connectivity index (χ2n) is 8.63. The molecule has 0 aromatic heterocycles. The van der Waals surface area contributed by atoms with Gasteiger partial charge in [0.05, 0.1) is 4.90 Å². The van der Waals surface area contributed by atoms with E-state index in [0.717, 1.165) is 29.9 Å². The minimum atomic E-state index is -3.71. The number of anilines is 2.